The number of amides is 1. The van der Waals surface area contributed by atoms with Gasteiger partial charge in [0.25, 0.3) is 0 Å². The Kier molecular flexibility index (Phi) is 73.3. The third-order valence-electron chi connectivity index (χ3n) is 18.9. The van der Waals surface area contributed by atoms with Gasteiger partial charge in [-0.2, -0.15) is 0 Å². The predicted molar refractivity (Wildman–Crippen MR) is 371 cm³/mol. The van der Waals surface area contributed by atoms with Crippen LogP contribution in [-0.4, -0.2) is 47.4 Å². The van der Waals surface area contributed by atoms with Crippen molar-refractivity contribution in [1.82, 2.24) is 5.32 Å². The summed E-state index contributed by atoms with van der Waals surface area (Å²) in [6.45, 7) is 5.01. The third-order valence-corrected chi connectivity index (χ3v) is 18.9. The smallest absolute Gasteiger partial charge is 0.305 e. The average Bonchev–Trinajstić information content (AvgIpc) is 3.53. The number of carbonyl (C=O) groups excluding carboxylic acids is 2. The molecule has 6 nitrogen and oxygen atoms in total. The van der Waals surface area contributed by atoms with E-state index in [1.807, 2.05) is 0 Å². The van der Waals surface area contributed by atoms with E-state index in [1.54, 1.807) is 0 Å². The van der Waals surface area contributed by atoms with Gasteiger partial charge < -0.3 is 20.3 Å². The Labute approximate surface area is 527 Å². The fraction of sp³-hybridized carbons (Fsp3) is 0.974. The van der Waals surface area contributed by atoms with Gasteiger partial charge in [0.15, 0.2) is 0 Å². The van der Waals surface area contributed by atoms with Gasteiger partial charge in [-0.25, -0.2) is 0 Å². The number of ether oxygens (including phenoxy) is 1. The maximum Gasteiger partial charge on any atom is 0.305 e. The van der Waals surface area contributed by atoms with E-state index in [4.69, 9.17) is 4.74 Å². The van der Waals surface area contributed by atoms with E-state index in [0.29, 0.717) is 25.9 Å². The lowest BCUT2D eigenvalue weighted by Crippen LogP contribution is -2.45. The van der Waals surface area contributed by atoms with Crippen molar-refractivity contribution in [3.8, 4) is 0 Å². The van der Waals surface area contributed by atoms with Crippen molar-refractivity contribution in [1.29, 1.82) is 0 Å². The highest BCUT2D eigenvalue weighted by Crippen LogP contribution is 2.21. The number of hydrogen-bond acceptors (Lipinski definition) is 5. The monoisotopic (exact) mass is 1190 g/mol. The van der Waals surface area contributed by atoms with Crippen LogP contribution in [0.15, 0.2) is 0 Å². The van der Waals surface area contributed by atoms with Crippen LogP contribution in [0.3, 0.4) is 0 Å². The molecule has 0 bridgehead atoms. The van der Waals surface area contributed by atoms with Gasteiger partial charge in [0.1, 0.15) is 0 Å². The molecule has 3 N–H and O–H groups in total. The first-order chi connectivity index (χ1) is 41.5. The van der Waals surface area contributed by atoms with Gasteiger partial charge in [-0.15, -0.1) is 0 Å². The summed E-state index contributed by atoms with van der Waals surface area (Å²) in [4.78, 5) is 24.6. The highest BCUT2D eigenvalue weighted by molar-refractivity contribution is 5.76. The Morgan fingerprint density at radius 1 is 0.286 bits per heavy atom. The van der Waals surface area contributed by atoms with Crippen LogP contribution in [0.2, 0.25) is 0 Å². The van der Waals surface area contributed by atoms with E-state index in [9.17, 15) is 19.8 Å². The Morgan fingerprint density at radius 3 is 0.726 bits per heavy atom. The van der Waals surface area contributed by atoms with Gasteiger partial charge in [-0.05, 0) is 25.7 Å². The highest BCUT2D eigenvalue weighted by Gasteiger charge is 2.20. The van der Waals surface area contributed by atoms with Crippen LogP contribution in [0.25, 0.3) is 0 Å². The van der Waals surface area contributed by atoms with Crippen molar-refractivity contribution >= 4 is 11.9 Å². The fourth-order valence-corrected chi connectivity index (χ4v) is 12.9. The summed E-state index contributed by atoms with van der Waals surface area (Å²) >= 11 is 0. The minimum Gasteiger partial charge on any atom is -0.466 e. The summed E-state index contributed by atoms with van der Waals surface area (Å²) in [6, 6.07) is -0.536. The van der Waals surface area contributed by atoms with E-state index in [1.165, 1.54) is 392 Å². The number of esters is 1. The molecule has 6 heteroatoms. The third kappa shape index (κ3) is 70.0. The maximum atomic E-state index is 12.5. The van der Waals surface area contributed by atoms with Crippen LogP contribution >= 0.6 is 0 Å². The summed E-state index contributed by atoms with van der Waals surface area (Å²) in [5.41, 5.74) is 0. The Hall–Kier alpha value is -1.14. The molecular weight excluding hydrogens is 1030 g/mol. The first-order valence-electron chi connectivity index (χ1n) is 39.3. The van der Waals surface area contributed by atoms with Gasteiger partial charge in [-0.3, -0.25) is 9.59 Å². The average molecular weight is 1190 g/mol. The van der Waals surface area contributed by atoms with Crippen molar-refractivity contribution in [3.63, 3.8) is 0 Å². The maximum absolute atomic E-state index is 12.5. The van der Waals surface area contributed by atoms with E-state index in [0.717, 1.165) is 38.5 Å². The quantitative estimate of drug-likeness (QED) is 0.0417. The van der Waals surface area contributed by atoms with Crippen LogP contribution in [0, 0.1) is 0 Å². The molecule has 502 valence electrons. The summed E-state index contributed by atoms with van der Waals surface area (Å²) in [7, 11) is 0. The van der Waals surface area contributed by atoms with Gasteiger partial charge in [0, 0.05) is 12.8 Å². The molecule has 0 aromatic rings. The van der Waals surface area contributed by atoms with E-state index in [2.05, 4.69) is 19.2 Å². The molecule has 1 amide bonds. The number of aliphatic hydroxyl groups is 2. The number of rotatable bonds is 75. The second-order valence-electron chi connectivity index (χ2n) is 27.4. The second kappa shape index (κ2) is 74.3. The van der Waals surface area contributed by atoms with Crippen LogP contribution in [0.1, 0.15) is 463 Å². The molecule has 0 heterocycles. The van der Waals surface area contributed by atoms with Crippen molar-refractivity contribution < 1.29 is 24.5 Å². The van der Waals surface area contributed by atoms with Crippen molar-refractivity contribution in [2.24, 2.45) is 0 Å². The predicted octanol–water partition coefficient (Wildman–Crippen LogP) is 25.7. The molecule has 0 aromatic heterocycles. The van der Waals surface area contributed by atoms with Crippen LogP contribution in [0.4, 0.5) is 0 Å². The van der Waals surface area contributed by atoms with Crippen LogP contribution in [0.5, 0.6) is 0 Å². The highest BCUT2D eigenvalue weighted by atomic mass is 16.5. The molecule has 2 unspecified atom stereocenters. The number of carbonyl (C=O) groups is 2. The molecule has 0 saturated heterocycles. The van der Waals surface area contributed by atoms with Crippen LogP contribution < -0.4 is 5.32 Å². The number of aliphatic hydroxyl groups excluding tert-OH is 2. The molecule has 0 aliphatic heterocycles. The Morgan fingerprint density at radius 2 is 0.488 bits per heavy atom. The van der Waals surface area contributed by atoms with E-state index >= 15 is 0 Å². The lowest BCUT2D eigenvalue weighted by molar-refractivity contribution is -0.143. The first-order valence-corrected chi connectivity index (χ1v) is 39.3. The first kappa shape index (κ1) is 82.9. The van der Waals surface area contributed by atoms with Gasteiger partial charge in [-0.1, -0.05) is 425 Å². The molecule has 0 saturated carbocycles. The molecule has 0 radical (unpaired) electrons. The van der Waals surface area contributed by atoms with Gasteiger partial charge in [0.05, 0.1) is 25.4 Å². The number of unbranched alkanes of at least 4 members (excludes halogenated alkanes) is 64. The standard InChI is InChI=1S/C78H155NO5/c1-3-5-7-9-11-13-15-17-42-46-50-54-58-62-66-70-76(81)75(74-80)79-77(82)71-67-63-59-55-51-47-44-40-38-36-34-32-30-28-26-24-22-20-19-21-23-25-27-29-31-33-35-37-39-41-45-49-53-57-61-65-69-73-84-78(83)72-68-64-60-56-52-48-43-18-16-14-12-10-8-6-4-2/h75-76,80-81H,3-74H2,1-2H3,(H,79,82). The summed E-state index contributed by atoms with van der Waals surface area (Å²) in [5, 5.41) is 23.4. The number of hydrogen-bond donors (Lipinski definition) is 3. The summed E-state index contributed by atoms with van der Waals surface area (Å²) < 4.78 is 5.51. The van der Waals surface area contributed by atoms with Crippen molar-refractivity contribution in [2.75, 3.05) is 13.2 Å². The molecule has 0 spiro atoms. The lowest BCUT2D eigenvalue weighted by Gasteiger charge is -2.22. The zero-order chi connectivity index (χ0) is 60.6. The zero-order valence-corrected chi connectivity index (χ0v) is 57.7. The second-order valence-corrected chi connectivity index (χ2v) is 27.4. The molecule has 2 atom stereocenters. The zero-order valence-electron chi connectivity index (χ0n) is 57.7. The summed E-state index contributed by atoms with van der Waals surface area (Å²) in [5.74, 6) is 0.00260. The van der Waals surface area contributed by atoms with Gasteiger partial charge >= 0.3 is 5.97 Å². The molecule has 0 aromatic carbocycles. The molecular formula is C78H155NO5. The minimum absolute atomic E-state index is 0.0250. The summed E-state index contributed by atoms with van der Waals surface area (Å²) in [6.07, 6.45) is 92.0. The largest absolute Gasteiger partial charge is 0.466 e. The topological polar surface area (TPSA) is 95.9 Å². The lowest BCUT2D eigenvalue weighted by atomic mass is 10.0. The van der Waals surface area contributed by atoms with Crippen molar-refractivity contribution in [3.05, 3.63) is 0 Å². The van der Waals surface area contributed by atoms with Gasteiger partial charge in [0.2, 0.25) is 5.91 Å². The molecule has 0 aliphatic rings. The van der Waals surface area contributed by atoms with E-state index in [-0.39, 0.29) is 18.5 Å². The Balaban J connectivity index is 3.27. The normalized spacial score (nSPS) is 12.4. The van der Waals surface area contributed by atoms with Crippen LogP contribution in [-0.2, 0) is 14.3 Å². The SMILES string of the molecule is CCCCCCCCCCCCCCCCCC(=O)OCCCCCCCCCCCCCCCCCCCCCCCCCCCCCCCCCCCCCCCC(=O)NC(CO)C(O)CCCCCCCCCCCCCCCCC. The number of nitrogens with one attached hydrogen (secondary N) is 1. The van der Waals surface area contributed by atoms with E-state index < -0.39 is 12.1 Å². The molecule has 0 fully saturated rings. The minimum atomic E-state index is -0.659. The molecule has 0 rings (SSSR count). The Bertz CT molecular complexity index is 1230. The molecule has 0 aliphatic carbocycles. The fourth-order valence-electron chi connectivity index (χ4n) is 12.9. The van der Waals surface area contributed by atoms with Crippen molar-refractivity contribution in [2.45, 2.75) is 475 Å². The molecule has 84 heavy (non-hydrogen) atoms.